The minimum atomic E-state index is -0.455. The highest BCUT2D eigenvalue weighted by Crippen LogP contribution is 2.34. The van der Waals surface area contributed by atoms with Crippen molar-refractivity contribution < 1.29 is 19.3 Å². The van der Waals surface area contributed by atoms with Gasteiger partial charge in [-0.2, -0.15) is 4.98 Å². The lowest BCUT2D eigenvalue weighted by Crippen LogP contribution is -2.27. The Labute approximate surface area is 173 Å². The molecule has 2 heterocycles. The molecule has 1 aromatic heterocycles. The molecule has 154 valence electrons. The van der Waals surface area contributed by atoms with Crippen LogP contribution in [0.5, 0.6) is 0 Å². The zero-order chi connectivity index (χ0) is 20.9. The van der Waals surface area contributed by atoms with Crippen molar-refractivity contribution in [1.29, 1.82) is 0 Å². The van der Waals surface area contributed by atoms with E-state index in [1.807, 2.05) is 54.6 Å². The molecule has 0 spiro atoms. The zero-order valence-electron chi connectivity index (χ0n) is 16.5. The van der Waals surface area contributed by atoms with Crippen molar-refractivity contribution in [1.82, 2.24) is 20.5 Å². The van der Waals surface area contributed by atoms with Crippen LogP contribution in [0.4, 0.5) is 0 Å². The van der Waals surface area contributed by atoms with E-state index in [0.717, 1.165) is 16.8 Å². The molecule has 30 heavy (non-hydrogen) atoms. The fourth-order valence-corrected chi connectivity index (χ4v) is 3.41. The number of aliphatic hydroxyl groups excluding tert-OH is 1. The van der Waals surface area contributed by atoms with Crippen molar-refractivity contribution in [2.24, 2.45) is 0 Å². The summed E-state index contributed by atoms with van der Waals surface area (Å²) in [6.07, 6.45) is 2.43. The number of hydroxylamine groups is 1. The summed E-state index contributed by atoms with van der Waals surface area (Å²) in [6, 6.07) is 17.0. The Morgan fingerprint density at radius 2 is 1.93 bits per heavy atom. The number of hydrogen-bond acceptors (Lipinski definition) is 7. The predicted molar refractivity (Wildman–Crippen MR) is 109 cm³/mol. The molecule has 4 rings (SSSR count). The number of carbonyl (C=O) groups excluding carboxylic acids is 1. The van der Waals surface area contributed by atoms with E-state index in [1.165, 1.54) is 7.11 Å². The van der Waals surface area contributed by atoms with Crippen molar-refractivity contribution in [2.45, 2.75) is 18.9 Å². The molecule has 0 saturated carbocycles. The Hall–Kier alpha value is -3.49. The number of aromatic nitrogens is 2. The molecular formula is C22H22N4O4. The number of carbonyl (C=O) groups is 1. The molecule has 0 bridgehead atoms. The van der Waals surface area contributed by atoms with Gasteiger partial charge in [0, 0.05) is 24.6 Å². The summed E-state index contributed by atoms with van der Waals surface area (Å²) in [5.41, 5.74) is 6.17. The number of aliphatic hydroxyl groups is 1. The third-order valence-corrected chi connectivity index (χ3v) is 4.85. The Balaban J connectivity index is 1.58. The lowest BCUT2D eigenvalue weighted by molar-refractivity contribution is 0.0760. The quantitative estimate of drug-likeness (QED) is 0.582. The van der Waals surface area contributed by atoms with Gasteiger partial charge < -0.3 is 14.5 Å². The van der Waals surface area contributed by atoms with Gasteiger partial charge in [0.1, 0.15) is 6.04 Å². The normalized spacial score (nSPS) is 15.9. The number of nitrogens with zero attached hydrogens (tertiary/aromatic N) is 3. The van der Waals surface area contributed by atoms with Crippen LogP contribution in [0.3, 0.4) is 0 Å². The Bertz CT molecular complexity index is 1030. The van der Waals surface area contributed by atoms with Crippen molar-refractivity contribution in [3.63, 3.8) is 0 Å². The summed E-state index contributed by atoms with van der Waals surface area (Å²) in [5.74, 6) is 0.534. The number of amides is 1. The Morgan fingerprint density at radius 1 is 1.20 bits per heavy atom. The lowest BCUT2D eigenvalue weighted by atomic mass is 10.0. The van der Waals surface area contributed by atoms with E-state index in [4.69, 9.17) is 14.5 Å². The van der Waals surface area contributed by atoms with Gasteiger partial charge >= 0.3 is 0 Å². The van der Waals surface area contributed by atoms with Gasteiger partial charge in [0.2, 0.25) is 5.89 Å². The molecule has 0 radical (unpaired) electrons. The van der Waals surface area contributed by atoms with Crippen LogP contribution in [0.1, 0.15) is 34.5 Å². The lowest BCUT2D eigenvalue weighted by Gasteiger charge is -2.20. The van der Waals surface area contributed by atoms with Crippen LogP contribution in [0.25, 0.3) is 11.1 Å². The van der Waals surface area contributed by atoms with Crippen LogP contribution < -0.4 is 5.48 Å². The topological polar surface area (TPSA) is 101 Å². The first-order valence-corrected chi connectivity index (χ1v) is 9.61. The zero-order valence-corrected chi connectivity index (χ0v) is 16.5. The number of nitrogens with one attached hydrogen (secondary N) is 1. The average molecular weight is 406 g/mol. The maximum absolute atomic E-state index is 13.2. The maximum atomic E-state index is 13.2. The molecule has 0 unspecified atom stereocenters. The summed E-state index contributed by atoms with van der Waals surface area (Å²) in [7, 11) is 1.51. The van der Waals surface area contributed by atoms with Crippen molar-refractivity contribution in [3.8, 4) is 11.1 Å². The molecular weight excluding hydrogens is 384 g/mol. The van der Waals surface area contributed by atoms with Crippen LogP contribution in [-0.4, -0.2) is 39.8 Å². The van der Waals surface area contributed by atoms with Crippen LogP contribution in [0.2, 0.25) is 0 Å². The van der Waals surface area contributed by atoms with E-state index >= 15 is 0 Å². The molecule has 1 amide bonds. The van der Waals surface area contributed by atoms with Gasteiger partial charge in [-0.1, -0.05) is 47.6 Å². The SMILES string of the molecule is CONC1=CN(C(=O)c2ccc(-c3ccccc3)cc2)[C@H](c2nc(CCO)no2)C1. The van der Waals surface area contributed by atoms with Crippen LogP contribution in [0.15, 0.2) is 71.0 Å². The summed E-state index contributed by atoms with van der Waals surface area (Å²) in [5, 5.41) is 13.0. The van der Waals surface area contributed by atoms with Crippen molar-refractivity contribution >= 4 is 5.91 Å². The van der Waals surface area contributed by atoms with E-state index in [9.17, 15) is 4.79 Å². The molecule has 1 atom stereocenters. The van der Waals surface area contributed by atoms with Crippen LogP contribution in [0, 0.1) is 0 Å². The monoisotopic (exact) mass is 406 g/mol. The number of rotatable bonds is 7. The molecule has 2 N–H and O–H groups in total. The number of hydrogen-bond donors (Lipinski definition) is 2. The van der Waals surface area contributed by atoms with Gasteiger partial charge in [0.05, 0.1) is 19.4 Å². The second kappa shape index (κ2) is 8.89. The first-order valence-electron chi connectivity index (χ1n) is 9.61. The van der Waals surface area contributed by atoms with E-state index < -0.39 is 6.04 Å². The predicted octanol–water partition coefficient (Wildman–Crippen LogP) is 2.85. The minimum absolute atomic E-state index is 0.0746. The first kappa shape index (κ1) is 19.8. The standard InChI is InChI=1S/C22H22N4O4/c1-29-24-18-13-19(21-23-20(11-12-27)25-30-21)26(14-18)22(28)17-9-7-16(8-10-17)15-5-3-2-4-6-15/h2-10,14,19,24,27H,11-13H2,1H3/t19-/m0/s1. The second-order valence-electron chi connectivity index (χ2n) is 6.86. The van der Waals surface area contributed by atoms with E-state index in [-0.39, 0.29) is 12.5 Å². The van der Waals surface area contributed by atoms with Crippen molar-refractivity contribution in [2.75, 3.05) is 13.7 Å². The minimum Gasteiger partial charge on any atom is -0.396 e. The third-order valence-electron chi connectivity index (χ3n) is 4.85. The third kappa shape index (κ3) is 4.10. The molecule has 3 aromatic rings. The maximum Gasteiger partial charge on any atom is 0.258 e. The molecule has 0 aliphatic carbocycles. The van der Waals surface area contributed by atoms with Crippen LogP contribution >= 0.6 is 0 Å². The molecule has 8 nitrogen and oxygen atoms in total. The van der Waals surface area contributed by atoms with E-state index in [2.05, 4.69) is 15.6 Å². The smallest absolute Gasteiger partial charge is 0.258 e. The highest BCUT2D eigenvalue weighted by atomic mass is 16.6. The van der Waals surface area contributed by atoms with Gasteiger partial charge in [-0.05, 0) is 23.3 Å². The first-order chi connectivity index (χ1) is 14.7. The Kier molecular flexibility index (Phi) is 5.87. The summed E-state index contributed by atoms with van der Waals surface area (Å²) >= 11 is 0. The summed E-state index contributed by atoms with van der Waals surface area (Å²) < 4.78 is 5.35. The summed E-state index contributed by atoms with van der Waals surface area (Å²) in [6.45, 7) is -0.0746. The van der Waals surface area contributed by atoms with Crippen molar-refractivity contribution in [3.05, 3.63) is 83.8 Å². The fourth-order valence-electron chi connectivity index (χ4n) is 3.41. The van der Waals surface area contributed by atoms with Gasteiger partial charge in [0.15, 0.2) is 5.82 Å². The second-order valence-corrected chi connectivity index (χ2v) is 6.86. The average Bonchev–Trinajstić information content (AvgIpc) is 3.42. The largest absolute Gasteiger partial charge is 0.396 e. The Morgan fingerprint density at radius 3 is 2.63 bits per heavy atom. The molecule has 0 fully saturated rings. The van der Waals surface area contributed by atoms with Gasteiger partial charge in [-0.15, -0.1) is 0 Å². The van der Waals surface area contributed by atoms with E-state index in [0.29, 0.717) is 30.1 Å². The number of benzene rings is 2. The fraction of sp³-hybridized carbons (Fsp3) is 0.227. The molecule has 2 aromatic carbocycles. The molecule has 0 saturated heterocycles. The highest BCUT2D eigenvalue weighted by molar-refractivity contribution is 5.96. The van der Waals surface area contributed by atoms with Gasteiger partial charge in [0.25, 0.3) is 5.91 Å². The van der Waals surface area contributed by atoms with Gasteiger partial charge in [-0.3, -0.25) is 15.1 Å². The molecule has 8 heteroatoms. The highest BCUT2D eigenvalue weighted by Gasteiger charge is 2.35. The van der Waals surface area contributed by atoms with E-state index in [1.54, 1.807) is 11.1 Å². The molecule has 1 aliphatic rings. The molecule has 1 aliphatic heterocycles. The summed E-state index contributed by atoms with van der Waals surface area (Å²) in [4.78, 5) is 24.1. The van der Waals surface area contributed by atoms with Crippen LogP contribution in [-0.2, 0) is 11.3 Å². The van der Waals surface area contributed by atoms with Gasteiger partial charge in [-0.25, -0.2) is 0 Å².